The van der Waals surface area contributed by atoms with Crippen molar-refractivity contribution in [3.63, 3.8) is 0 Å². The molecule has 2 fully saturated rings. The van der Waals surface area contributed by atoms with Crippen LogP contribution in [-0.2, 0) is 13.6 Å². The average molecular weight is 399 g/mol. The first-order valence-corrected chi connectivity index (χ1v) is 10.3. The fourth-order valence-electron chi connectivity index (χ4n) is 5.54. The predicted octanol–water partition coefficient (Wildman–Crippen LogP) is 1.54. The van der Waals surface area contributed by atoms with Crippen LogP contribution in [0.5, 0.6) is 0 Å². The Morgan fingerprint density at radius 3 is 2.62 bits per heavy atom. The summed E-state index contributed by atoms with van der Waals surface area (Å²) in [6, 6.07) is 12.1. The van der Waals surface area contributed by atoms with Gasteiger partial charge in [0, 0.05) is 37.7 Å². The zero-order valence-electron chi connectivity index (χ0n) is 17.3. The molecule has 1 aliphatic heterocycles. The second-order valence-electron chi connectivity index (χ2n) is 9.05. The van der Waals surface area contributed by atoms with E-state index in [-0.39, 0.29) is 17.0 Å². The molecule has 29 heavy (non-hydrogen) atoms. The number of benzene rings is 1. The molecule has 1 saturated heterocycles. The summed E-state index contributed by atoms with van der Waals surface area (Å²) in [5.41, 5.74) is 0.537. The summed E-state index contributed by atoms with van der Waals surface area (Å²) in [5, 5.41) is 14.0. The quantitative estimate of drug-likeness (QED) is 0.711. The van der Waals surface area contributed by atoms with Gasteiger partial charge < -0.3 is 10.4 Å². The normalized spacial score (nSPS) is 29.3. The van der Waals surface area contributed by atoms with Gasteiger partial charge in [-0.15, -0.1) is 0 Å². The van der Waals surface area contributed by atoms with Crippen LogP contribution in [0.1, 0.15) is 32.3 Å². The SMILES string of the molecule is CC(C)C1N(Cc2ccccc2)CC12C[C@@H](O)[C@H](Nc1cc(=O)n(C)c(=O)[nH]1)C2. The molecular weight excluding hydrogens is 368 g/mol. The van der Waals surface area contributed by atoms with Crippen molar-refractivity contribution >= 4 is 5.82 Å². The molecule has 0 bridgehead atoms. The van der Waals surface area contributed by atoms with Gasteiger partial charge in [-0.05, 0) is 24.3 Å². The van der Waals surface area contributed by atoms with Crippen molar-refractivity contribution in [1.29, 1.82) is 0 Å². The van der Waals surface area contributed by atoms with Gasteiger partial charge in [0.1, 0.15) is 5.82 Å². The lowest BCUT2D eigenvalue weighted by Crippen LogP contribution is -2.65. The molecule has 2 unspecified atom stereocenters. The minimum atomic E-state index is -0.511. The molecule has 4 atom stereocenters. The summed E-state index contributed by atoms with van der Waals surface area (Å²) in [6.07, 6.45) is 1.04. The van der Waals surface area contributed by atoms with Crippen LogP contribution in [0.3, 0.4) is 0 Å². The number of rotatable bonds is 5. The number of hydrogen-bond donors (Lipinski definition) is 3. The molecule has 0 amide bonds. The van der Waals surface area contributed by atoms with Crippen LogP contribution in [0.25, 0.3) is 0 Å². The van der Waals surface area contributed by atoms with Gasteiger partial charge >= 0.3 is 5.69 Å². The molecule has 2 aliphatic rings. The van der Waals surface area contributed by atoms with Crippen LogP contribution in [0, 0.1) is 11.3 Å². The van der Waals surface area contributed by atoms with E-state index in [1.165, 1.54) is 18.7 Å². The number of aliphatic hydroxyl groups excluding tert-OH is 1. The standard InChI is InChI=1S/C22H30N4O3/c1-14(2)20-22(13-26(20)12-15-7-5-4-6-8-15)10-16(17(27)11-22)23-18-9-19(28)25(3)21(29)24-18/h4-9,14,16-17,20,23,27H,10-13H2,1-3H3,(H,24,29)/t16-,17-,20?,22?/m1/s1. The highest BCUT2D eigenvalue weighted by atomic mass is 16.3. The Bertz CT molecular complexity index is 952. The largest absolute Gasteiger partial charge is 0.391 e. The molecule has 3 N–H and O–H groups in total. The van der Waals surface area contributed by atoms with Gasteiger partial charge in [0.05, 0.1) is 12.1 Å². The highest BCUT2D eigenvalue weighted by Crippen LogP contribution is 2.53. The van der Waals surface area contributed by atoms with Gasteiger partial charge in [0.2, 0.25) is 0 Å². The Morgan fingerprint density at radius 2 is 1.97 bits per heavy atom. The number of likely N-dealkylation sites (tertiary alicyclic amines) is 1. The summed E-state index contributed by atoms with van der Waals surface area (Å²) in [7, 11) is 1.44. The molecule has 1 aromatic carbocycles. The first kappa shape index (κ1) is 19.9. The van der Waals surface area contributed by atoms with E-state index in [0.717, 1.165) is 30.5 Å². The number of aliphatic hydroxyl groups is 1. The van der Waals surface area contributed by atoms with Crippen molar-refractivity contribution in [2.45, 2.75) is 51.4 Å². The maximum absolute atomic E-state index is 11.9. The van der Waals surface area contributed by atoms with E-state index in [4.69, 9.17) is 0 Å². The number of aromatic nitrogens is 2. The van der Waals surface area contributed by atoms with Crippen LogP contribution < -0.4 is 16.6 Å². The summed E-state index contributed by atoms with van der Waals surface area (Å²) in [4.78, 5) is 29.0. The summed E-state index contributed by atoms with van der Waals surface area (Å²) >= 11 is 0. The predicted molar refractivity (Wildman–Crippen MR) is 113 cm³/mol. The molecule has 7 nitrogen and oxygen atoms in total. The minimum Gasteiger partial charge on any atom is -0.391 e. The smallest absolute Gasteiger partial charge is 0.329 e. The van der Waals surface area contributed by atoms with Crippen molar-refractivity contribution in [1.82, 2.24) is 14.5 Å². The lowest BCUT2D eigenvalue weighted by molar-refractivity contribution is -0.105. The van der Waals surface area contributed by atoms with Gasteiger partial charge in [-0.25, -0.2) is 4.79 Å². The average Bonchev–Trinajstić information content (AvgIpc) is 2.97. The van der Waals surface area contributed by atoms with Crippen molar-refractivity contribution in [2.24, 2.45) is 18.4 Å². The molecule has 1 aromatic heterocycles. The number of H-pyrrole nitrogens is 1. The Hall–Kier alpha value is -2.38. The Morgan fingerprint density at radius 1 is 1.24 bits per heavy atom. The van der Waals surface area contributed by atoms with Crippen molar-refractivity contribution < 1.29 is 5.11 Å². The van der Waals surface area contributed by atoms with Gasteiger partial charge in [-0.3, -0.25) is 19.2 Å². The molecule has 1 spiro atoms. The third-order valence-corrected chi connectivity index (χ3v) is 6.59. The van der Waals surface area contributed by atoms with E-state index in [9.17, 15) is 14.7 Å². The van der Waals surface area contributed by atoms with E-state index in [0.29, 0.717) is 17.8 Å². The lowest BCUT2D eigenvalue weighted by Gasteiger charge is -2.58. The molecular formula is C22H30N4O3. The van der Waals surface area contributed by atoms with E-state index >= 15 is 0 Å². The lowest BCUT2D eigenvalue weighted by atomic mass is 9.65. The highest BCUT2D eigenvalue weighted by Gasteiger charge is 2.59. The first-order valence-electron chi connectivity index (χ1n) is 10.3. The molecule has 0 radical (unpaired) electrons. The van der Waals surface area contributed by atoms with Gasteiger partial charge in [-0.2, -0.15) is 0 Å². The van der Waals surface area contributed by atoms with Gasteiger partial charge in [-0.1, -0.05) is 44.2 Å². The number of anilines is 1. The second kappa shape index (κ2) is 7.46. The highest BCUT2D eigenvalue weighted by molar-refractivity contribution is 5.35. The molecule has 2 heterocycles. The van der Waals surface area contributed by atoms with Gasteiger partial charge in [0.15, 0.2) is 0 Å². The number of nitrogens with zero attached hydrogens (tertiary/aromatic N) is 2. The zero-order chi connectivity index (χ0) is 20.8. The maximum Gasteiger partial charge on any atom is 0.329 e. The van der Waals surface area contributed by atoms with Crippen LogP contribution in [-0.4, -0.2) is 44.3 Å². The fraction of sp³-hybridized carbons (Fsp3) is 0.545. The number of aromatic amines is 1. The molecule has 1 aliphatic carbocycles. The Kier molecular flexibility index (Phi) is 5.12. The summed E-state index contributed by atoms with van der Waals surface area (Å²) in [6.45, 7) is 6.36. The third kappa shape index (κ3) is 3.65. The van der Waals surface area contributed by atoms with E-state index in [1.54, 1.807) is 0 Å². The van der Waals surface area contributed by atoms with Crippen molar-refractivity contribution in [3.8, 4) is 0 Å². The van der Waals surface area contributed by atoms with E-state index < -0.39 is 11.8 Å². The Labute approximate surface area is 170 Å². The third-order valence-electron chi connectivity index (χ3n) is 6.59. The molecule has 7 heteroatoms. The van der Waals surface area contributed by atoms with Crippen LogP contribution in [0.15, 0.2) is 46.0 Å². The fourth-order valence-corrected chi connectivity index (χ4v) is 5.54. The van der Waals surface area contributed by atoms with Crippen LogP contribution >= 0.6 is 0 Å². The monoisotopic (exact) mass is 398 g/mol. The number of hydrogen-bond acceptors (Lipinski definition) is 5. The van der Waals surface area contributed by atoms with E-state index in [1.807, 2.05) is 6.07 Å². The van der Waals surface area contributed by atoms with E-state index in [2.05, 4.69) is 53.3 Å². The first-order chi connectivity index (χ1) is 13.8. The second-order valence-corrected chi connectivity index (χ2v) is 9.05. The van der Waals surface area contributed by atoms with Gasteiger partial charge in [0.25, 0.3) is 5.56 Å². The zero-order valence-corrected chi connectivity index (χ0v) is 17.3. The minimum absolute atomic E-state index is 0.0556. The van der Waals surface area contributed by atoms with Crippen LogP contribution in [0.2, 0.25) is 0 Å². The molecule has 156 valence electrons. The van der Waals surface area contributed by atoms with Crippen LogP contribution in [0.4, 0.5) is 5.82 Å². The summed E-state index contributed by atoms with van der Waals surface area (Å²) in [5.74, 6) is 0.850. The molecule has 1 saturated carbocycles. The van der Waals surface area contributed by atoms with Crippen molar-refractivity contribution in [3.05, 3.63) is 62.8 Å². The van der Waals surface area contributed by atoms with Crippen molar-refractivity contribution in [2.75, 3.05) is 11.9 Å². The molecule has 2 aromatic rings. The topological polar surface area (TPSA) is 90.4 Å². The summed E-state index contributed by atoms with van der Waals surface area (Å²) < 4.78 is 1.03. The number of nitrogens with one attached hydrogen (secondary N) is 2. The molecule has 4 rings (SSSR count). The Balaban J connectivity index is 1.49. The maximum atomic E-state index is 11.9.